The summed E-state index contributed by atoms with van der Waals surface area (Å²) in [5, 5.41) is 0. The van der Waals surface area contributed by atoms with E-state index in [9.17, 15) is 0 Å². The van der Waals surface area contributed by atoms with E-state index >= 15 is 0 Å². The van der Waals surface area contributed by atoms with Gasteiger partial charge in [-0.05, 0) is 77.2 Å². The number of nitrogens with zero attached hydrogens (tertiary/aromatic N) is 1. The molecule has 0 fully saturated rings. The van der Waals surface area contributed by atoms with Gasteiger partial charge in [0.1, 0.15) is 0 Å². The Labute approximate surface area is 214 Å². The molecule has 0 aliphatic heterocycles. The zero-order valence-electron chi connectivity index (χ0n) is 20.9. The van der Waals surface area contributed by atoms with Gasteiger partial charge in [0, 0.05) is 23.2 Å². The van der Waals surface area contributed by atoms with Gasteiger partial charge in [0.05, 0.1) is 5.41 Å². The van der Waals surface area contributed by atoms with Gasteiger partial charge >= 0.3 is 0 Å². The number of hydrogen-bond acceptors (Lipinski definition) is 1. The van der Waals surface area contributed by atoms with Gasteiger partial charge in [0.15, 0.2) is 0 Å². The highest BCUT2D eigenvalue weighted by molar-refractivity contribution is 6.04. The molecule has 0 N–H and O–H groups in total. The van der Waals surface area contributed by atoms with Crippen LogP contribution in [-0.4, -0.2) is 5.71 Å². The molecule has 0 bridgehead atoms. The summed E-state index contributed by atoms with van der Waals surface area (Å²) in [6, 6.07) is 18.3. The smallest absolute Gasteiger partial charge is 0.0719 e. The molecule has 0 saturated heterocycles. The van der Waals surface area contributed by atoms with Gasteiger partial charge in [-0.3, -0.25) is 4.99 Å². The fraction of sp³-hybridized carbons (Fsp3) is 0.229. The van der Waals surface area contributed by atoms with E-state index in [1.165, 1.54) is 50.3 Å². The van der Waals surface area contributed by atoms with E-state index in [1.54, 1.807) is 0 Å². The van der Waals surface area contributed by atoms with Gasteiger partial charge in [-0.15, -0.1) is 0 Å². The summed E-state index contributed by atoms with van der Waals surface area (Å²) in [6.07, 6.45) is 22.5. The molecule has 2 aromatic carbocycles. The van der Waals surface area contributed by atoms with E-state index in [0.29, 0.717) is 5.92 Å². The minimum atomic E-state index is -0.224. The van der Waals surface area contributed by atoms with Crippen LogP contribution >= 0.6 is 0 Å². The summed E-state index contributed by atoms with van der Waals surface area (Å²) in [6.45, 7) is 6.59. The molecule has 0 aromatic heterocycles. The first-order valence-corrected chi connectivity index (χ1v) is 13.3. The third-order valence-electron chi connectivity index (χ3n) is 8.78. The highest BCUT2D eigenvalue weighted by atomic mass is 14.8. The van der Waals surface area contributed by atoms with Gasteiger partial charge in [0.25, 0.3) is 0 Å². The zero-order chi connectivity index (χ0) is 24.3. The van der Waals surface area contributed by atoms with Crippen molar-refractivity contribution in [2.75, 3.05) is 0 Å². The van der Waals surface area contributed by atoms with E-state index in [1.807, 2.05) is 0 Å². The molecular formula is C35H31N. The monoisotopic (exact) mass is 465 g/mol. The van der Waals surface area contributed by atoms with Crippen molar-refractivity contribution in [2.45, 2.75) is 38.0 Å². The Hall–Kier alpha value is -3.71. The zero-order valence-corrected chi connectivity index (χ0v) is 20.9. The lowest BCUT2D eigenvalue weighted by Crippen LogP contribution is -2.29. The maximum atomic E-state index is 5.14. The summed E-state index contributed by atoms with van der Waals surface area (Å²) < 4.78 is 0. The normalized spacial score (nSPS) is 27.4. The summed E-state index contributed by atoms with van der Waals surface area (Å²) in [7, 11) is 0. The topological polar surface area (TPSA) is 12.4 Å². The van der Waals surface area contributed by atoms with Crippen LogP contribution in [0.3, 0.4) is 0 Å². The van der Waals surface area contributed by atoms with Crippen LogP contribution in [0.15, 0.2) is 126 Å². The highest BCUT2D eigenvalue weighted by Gasteiger charge is 2.54. The van der Waals surface area contributed by atoms with Crippen LogP contribution in [0.2, 0.25) is 0 Å². The SMILES string of the molecule is C=C(/N=C(\C)C1CC=CC2=C1c1ccccc1C21C2=C(CCC=C2)c2ccccc21)C1C=CC=CC1. The number of aliphatic imine (C=N–C) groups is 1. The third kappa shape index (κ3) is 2.86. The molecule has 1 nitrogen and oxygen atoms in total. The third-order valence-corrected chi connectivity index (χ3v) is 8.78. The van der Waals surface area contributed by atoms with Crippen molar-refractivity contribution in [3.8, 4) is 0 Å². The van der Waals surface area contributed by atoms with Crippen LogP contribution in [0.4, 0.5) is 0 Å². The molecule has 5 aliphatic carbocycles. The molecule has 1 spiro atoms. The molecule has 3 atom stereocenters. The first-order valence-electron chi connectivity index (χ1n) is 13.3. The standard InChI is InChI=1S/C35H31N/c1-23(25-13-4-3-5-14-25)36-24(2)26-18-12-22-33-34(26)29-17-8-11-21-32(29)35(33)30-19-9-6-15-27(30)28-16-7-10-20-31(28)35/h3-6,8-13,15,17,19-22,25-26H,1,7,14,16,18H2,2H3/b36-24+. The first kappa shape index (κ1) is 21.6. The predicted molar refractivity (Wildman–Crippen MR) is 152 cm³/mol. The van der Waals surface area contributed by atoms with Crippen molar-refractivity contribution in [1.29, 1.82) is 0 Å². The molecule has 2 aromatic rings. The summed E-state index contributed by atoms with van der Waals surface area (Å²) >= 11 is 0. The lowest BCUT2D eigenvalue weighted by atomic mass is 9.67. The van der Waals surface area contributed by atoms with Crippen LogP contribution in [0, 0.1) is 11.8 Å². The Morgan fingerprint density at radius 1 is 0.861 bits per heavy atom. The summed E-state index contributed by atoms with van der Waals surface area (Å²) in [4.78, 5) is 5.14. The van der Waals surface area contributed by atoms with Crippen LogP contribution in [0.25, 0.3) is 11.1 Å². The van der Waals surface area contributed by atoms with Crippen molar-refractivity contribution in [3.63, 3.8) is 0 Å². The van der Waals surface area contributed by atoms with Gasteiger partial charge < -0.3 is 0 Å². The fourth-order valence-corrected chi connectivity index (χ4v) is 7.26. The molecule has 3 unspecified atom stereocenters. The van der Waals surface area contributed by atoms with E-state index in [0.717, 1.165) is 31.4 Å². The lowest BCUT2D eigenvalue weighted by Gasteiger charge is -2.34. The van der Waals surface area contributed by atoms with Gasteiger partial charge in [0.2, 0.25) is 0 Å². The first-order chi connectivity index (χ1) is 17.7. The quantitative estimate of drug-likeness (QED) is 0.403. The molecule has 7 rings (SSSR count). The Morgan fingerprint density at radius 2 is 1.61 bits per heavy atom. The van der Waals surface area contributed by atoms with Crippen molar-refractivity contribution in [3.05, 3.63) is 143 Å². The predicted octanol–water partition coefficient (Wildman–Crippen LogP) is 8.54. The summed E-state index contributed by atoms with van der Waals surface area (Å²) in [5.41, 5.74) is 13.6. The second kappa shape index (κ2) is 8.17. The minimum absolute atomic E-state index is 0.224. The number of allylic oxidation sites excluding steroid dienone is 12. The maximum Gasteiger partial charge on any atom is 0.0719 e. The van der Waals surface area contributed by atoms with Crippen LogP contribution in [0.1, 0.15) is 54.9 Å². The highest BCUT2D eigenvalue weighted by Crippen LogP contribution is 2.64. The number of hydrogen-bond donors (Lipinski definition) is 0. The fourth-order valence-electron chi connectivity index (χ4n) is 7.26. The Bertz CT molecular complexity index is 1520. The van der Waals surface area contributed by atoms with E-state index in [4.69, 9.17) is 4.99 Å². The van der Waals surface area contributed by atoms with Crippen LogP contribution in [0.5, 0.6) is 0 Å². The van der Waals surface area contributed by atoms with E-state index in [2.05, 4.69) is 111 Å². The number of rotatable bonds is 3. The molecule has 36 heavy (non-hydrogen) atoms. The molecule has 0 amide bonds. The molecule has 0 radical (unpaired) electrons. The van der Waals surface area contributed by atoms with Crippen LogP contribution in [-0.2, 0) is 5.41 Å². The molecule has 0 heterocycles. The van der Waals surface area contributed by atoms with Gasteiger partial charge in [-0.2, -0.15) is 0 Å². The molecule has 5 aliphatic rings. The van der Waals surface area contributed by atoms with Crippen molar-refractivity contribution in [1.82, 2.24) is 0 Å². The molecule has 176 valence electrons. The Balaban J connectivity index is 1.43. The minimum Gasteiger partial charge on any atom is -0.262 e. The molecule has 0 saturated carbocycles. The van der Waals surface area contributed by atoms with Crippen molar-refractivity contribution >= 4 is 16.9 Å². The van der Waals surface area contributed by atoms with Gasteiger partial charge in [-0.1, -0.05) is 104 Å². The molecule has 1 heteroatoms. The second-order valence-corrected chi connectivity index (χ2v) is 10.6. The average molecular weight is 466 g/mol. The largest absolute Gasteiger partial charge is 0.262 e. The Morgan fingerprint density at radius 3 is 2.42 bits per heavy atom. The maximum absolute atomic E-state index is 5.14. The second-order valence-electron chi connectivity index (χ2n) is 10.6. The van der Waals surface area contributed by atoms with Gasteiger partial charge in [-0.25, -0.2) is 0 Å². The molecular weight excluding hydrogens is 434 g/mol. The lowest BCUT2D eigenvalue weighted by molar-refractivity contribution is 0.749. The van der Waals surface area contributed by atoms with Crippen molar-refractivity contribution in [2.24, 2.45) is 16.8 Å². The number of benzene rings is 2. The Kier molecular flexibility index (Phi) is 4.89. The van der Waals surface area contributed by atoms with Crippen molar-refractivity contribution < 1.29 is 0 Å². The van der Waals surface area contributed by atoms with Crippen LogP contribution < -0.4 is 0 Å². The van der Waals surface area contributed by atoms with E-state index in [-0.39, 0.29) is 11.3 Å². The average Bonchev–Trinajstić information content (AvgIpc) is 3.41. The number of fused-ring (bicyclic) bond motifs is 8. The summed E-state index contributed by atoms with van der Waals surface area (Å²) in [5.74, 6) is 0.552. The van der Waals surface area contributed by atoms with E-state index < -0.39 is 0 Å².